The predicted octanol–water partition coefficient (Wildman–Crippen LogP) is 0.544. The lowest BCUT2D eigenvalue weighted by Gasteiger charge is -2.17. The fourth-order valence-corrected chi connectivity index (χ4v) is 2.58. The van der Waals surface area contributed by atoms with Crippen LogP contribution in [0.3, 0.4) is 0 Å². The van der Waals surface area contributed by atoms with Gasteiger partial charge in [-0.15, -0.1) is 0 Å². The Morgan fingerprint density at radius 2 is 2.00 bits per heavy atom. The summed E-state index contributed by atoms with van der Waals surface area (Å²) in [5, 5.41) is 0. The van der Waals surface area contributed by atoms with Crippen LogP contribution in [0.1, 0.15) is 0 Å². The minimum atomic E-state index is -3.54. The molecule has 0 saturated heterocycles. The number of benzene rings is 1. The van der Waals surface area contributed by atoms with Crippen molar-refractivity contribution in [3.63, 3.8) is 0 Å². The fraction of sp³-hybridized carbons (Fsp3) is 0.455. The predicted molar refractivity (Wildman–Crippen MR) is 69.1 cm³/mol. The van der Waals surface area contributed by atoms with Gasteiger partial charge in [-0.05, 0) is 18.2 Å². The Morgan fingerprint density at radius 1 is 1.33 bits per heavy atom. The van der Waals surface area contributed by atoms with E-state index in [1.807, 2.05) is 0 Å². The average Bonchev–Trinajstić information content (AvgIpc) is 2.35. The fourth-order valence-electron chi connectivity index (χ4n) is 1.39. The van der Waals surface area contributed by atoms with Crippen molar-refractivity contribution in [3.8, 4) is 5.75 Å². The van der Waals surface area contributed by atoms with Crippen LogP contribution in [0, 0.1) is 0 Å². The van der Waals surface area contributed by atoms with E-state index in [0.717, 1.165) is 0 Å². The Balaban J connectivity index is 3.01. The third-order valence-electron chi connectivity index (χ3n) is 2.52. The molecule has 2 N–H and O–H groups in total. The van der Waals surface area contributed by atoms with Crippen molar-refractivity contribution in [1.82, 2.24) is 4.31 Å². The number of methoxy groups -OCH3 is 2. The summed E-state index contributed by atoms with van der Waals surface area (Å²) >= 11 is 0. The van der Waals surface area contributed by atoms with Crippen molar-refractivity contribution in [1.29, 1.82) is 0 Å². The molecule has 1 aromatic rings. The Kier molecular flexibility index (Phi) is 4.94. The number of nitrogens with zero attached hydrogens (tertiary/aromatic N) is 1. The molecule has 18 heavy (non-hydrogen) atoms. The standard InChI is InChI=1S/C11H18N2O4S/c1-13(6-7-16-2)18(14,15)9-4-5-11(17-3)10(12)8-9/h4-5,8H,6-7,12H2,1-3H3. The van der Waals surface area contributed by atoms with Gasteiger partial charge < -0.3 is 15.2 Å². The zero-order chi connectivity index (χ0) is 13.8. The molecule has 0 aliphatic rings. The molecule has 0 spiro atoms. The highest BCUT2D eigenvalue weighted by atomic mass is 32.2. The van der Waals surface area contributed by atoms with Crippen LogP contribution in [0.25, 0.3) is 0 Å². The van der Waals surface area contributed by atoms with Crippen LogP contribution in [-0.4, -0.2) is 47.1 Å². The lowest BCUT2D eigenvalue weighted by atomic mass is 10.3. The van der Waals surface area contributed by atoms with E-state index >= 15 is 0 Å². The van der Waals surface area contributed by atoms with Crippen molar-refractivity contribution in [3.05, 3.63) is 18.2 Å². The quantitative estimate of drug-likeness (QED) is 0.766. The molecule has 0 aliphatic heterocycles. The molecular weight excluding hydrogens is 256 g/mol. The number of anilines is 1. The highest BCUT2D eigenvalue weighted by molar-refractivity contribution is 7.89. The normalized spacial score (nSPS) is 11.8. The Hall–Kier alpha value is -1.31. The zero-order valence-corrected chi connectivity index (χ0v) is 11.5. The first kappa shape index (κ1) is 14.7. The van der Waals surface area contributed by atoms with Crippen LogP contribution in [0.2, 0.25) is 0 Å². The van der Waals surface area contributed by atoms with Gasteiger partial charge in [0.1, 0.15) is 5.75 Å². The van der Waals surface area contributed by atoms with Gasteiger partial charge in [0, 0.05) is 20.7 Å². The Bertz CT molecular complexity index is 502. The average molecular weight is 274 g/mol. The SMILES string of the molecule is COCCN(C)S(=O)(=O)c1ccc(OC)c(N)c1. The minimum Gasteiger partial charge on any atom is -0.495 e. The molecule has 0 saturated carbocycles. The minimum absolute atomic E-state index is 0.138. The van der Waals surface area contributed by atoms with Crippen LogP contribution >= 0.6 is 0 Å². The first-order valence-electron chi connectivity index (χ1n) is 5.32. The molecule has 0 aromatic heterocycles. The molecule has 0 unspecified atom stereocenters. The Labute approximate surface area is 107 Å². The van der Waals surface area contributed by atoms with E-state index in [2.05, 4.69) is 0 Å². The molecular formula is C11H18N2O4S. The first-order chi connectivity index (χ1) is 8.43. The number of likely N-dealkylation sites (N-methyl/N-ethyl adjacent to an activating group) is 1. The maximum absolute atomic E-state index is 12.2. The summed E-state index contributed by atoms with van der Waals surface area (Å²) < 4.78 is 35.4. The van der Waals surface area contributed by atoms with E-state index in [1.165, 1.54) is 43.8 Å². The number of ether oxygens (including phenoxy) is 2. The number of nitrogen functional groups attached to an aromatic ring is 1. The molecule has 0 aliphatic carbocycles. The zero-order valence-electron chi connectivity index (χ0n) is 10.7. The van der Waals surface area contributed by atoms with Crippen LogP contribution in [0.5, 0.6) is 5.75 Å². The van der Waals surface area contributed by atoms with Crippen LogP contribution in [0.15, 0.2) is 23.1 Å². The van der Waals surface area contributed by atoms with Crippen LogP contribution in [0.4, 0.5) is 5.69 Å². The van der Waals surface area contributed by atoms with E-state index < -0.39 is 10.0 Å². The van der Waals surface area contributed by atoms with Gasteiger partial charge in [0.2, 0.25) is 10.0 Å². The molecule has 0 atom stereocenters. The van der Waals surface area contributed by atoms with Crippen molar-refractivity contribution in [2.24, 2.45) is 0 Å². The van der Waals surface area contributed by atoms with Crippen molar-refractivity contribution < 1.29 is 17.9 Å². The third-order valence-corrected chi connectivity index (χ3v) is 4.37. The third kappa shape index (κ3) is 3.12. The molecule has 0 radical (unpaired) electrons. The topological polar surface area (TPSA) is 81.9 Å². The smallest absolute Gasteiger partial charge is 0.242 e. The number of hydrogen-bond acceptors (Lipinski definition) is 5. The van der Waals surface area contributed by atoms with Gasteiger partial charge in [-0.2, -0.15) is 4.31 Å². The van der Waals surface area contributed by atoms with E-state index in [-0.39, 0.29) is 11.4 Å². The molecule has 1 aromatic carbocycles. The molecule has 6 nitrogen and oxygen atoms in total. The van der Waals surface area contributed by atoms with Crippen molar-refractivity contribution in [2.75, 3.05) is 40.2 Å². The number of sulfonamides is 1. The first-order valence-corrected chi connectivity index (χ1v) is 6.76. The molecule has 7 heteroatoms. The second-order valence-electron chi connectivity index (χ2n) is 3.72. The van der Waals surface area contributed by atoms with Gasteiger partial charge in [-0.25, -0.2) is 8.42 Å². The van der Waals surface area contributed by atoms with Gasteiger partial charge in [-0.1, -0.05) is 0 Å². The van der Waals surface area contributed by atoms with Gasteiger partial charge in [0.15, 0.2) is 0 Å². The van der Waals surface area contributed by atoms with Gasteiger partial charge in [0.05, 0.1) is 24.3 Å². The lowest BCUT2D eigenvalue weighted by Crippen LogP contribution is -2.30. The van der Waals surface area contributed by atoms with Crippen molar-refractivity contribution in [2.45, 2.75) is 4.90 Å². The van der Waals surface area contributed by atoms with E-state index in [9.17, 15) is 8.42 Å². The maximum Gasteiger partial charge on any atom is 0.242 e. The largest absolute Gasteiger partial charge is 0.495 e. The molecule has 0 fully saturated rings. The number of hydrogen-bond donors (Lipinski definition) is 1. The van der Waals surface area contributed by atoms with E-state index in [0.29, 0.717) is 18.0 Å². The summed E-state index contributed by atoms with van der Waals surface area (Å²) in [6.07, 6.45) is 0. The molecule has 0 bridgehead atoms. The summed E-state index contributed by atoms with van der Waals surface area (Å²) in [7, 11) is 0.950. The van der Waals surface area contributed by atoms with Crippen LogP contribution in [-0.2, 0) is 14.8 Å². The van der Waals surface area contributed by atoms with Crippen LogP contribution < -0.4 is 10.5 Å². The Morgan fingerprint density at radius 3 is 2.50 bits per heavy atom. The summed E-state index contributed by atoms with van der Waals surface area (Å²) in [5.41, 5.74) is 5.99. The van der Waals surface area contributed by atoms with Gasteiger partial charge in [-0.3, -0.25) is 0 Å². The number of rotatable bonds is 6. The summed E-state index contributed by atoms with van der Waals surface area (Å²) in [4.78, 5) is 0.138. The molecule has 102 valence electrons. The van der Waals surface area contributed by atoms with E-state index in [4.69, 9.17) is 15.2 Å². The highest BCUT2D eigenvalue weighted by Gasteiger charge is 2.21. The second-order valence-corrected chi connectivity index (χ2v) is 5.77. The van der Waals surface area contributed by atoms with Gasteiger partial charge >= 0.3 is 0 Å². The maximum atomic E-state index is 12.2. The second kappa shape index (κ2) is 6.03. The molecule has 0 amide bonds. The summed E-state index contributed by atoms with van der Waals surface area (Å²) in [6, 6.07) is 4.39. The van der Waals surface area contributed by atoms with Gasteiger partial charge in [0.25, 0.3) is 0 Å². The lowest BCUT2D eigenvalue weighted by molar-refractivity contribution is 0.185. The van der Waals surface area contributed by atoms with E-state index in [1.54, 1.807) is 0 Å². The summed E-state index contributed by atoms with van der Waals surface area (Å²) in [6.45, 7) is 0.617. The van der Waals surface area contributed by atoms with Crippen molar-refractivity contribution >= 4 is 15.7 Å². The number of nitrogens with two attached hydrogens (primary N) is 1. The molecule has 0 heterocycles. The summed E-state index contributed by atoms with van der Waals surface area (Å²) in [5.74, 6) is 0.452. The highest BCUT2D eigenvalue weighted by Crippen LogP contribution is 2.25. The molecule has 1 rings (SSSR count). The monoisotopic (exact) mass is 274 g/mol.